The fourth-order valence-corrected chi connectivity index (χ4v) is 1.64. The highest BCUT2D eigenvalue weighted by molar-refractivity contribution is 5.66. The highest BCUT2D eigenvalue weighted by Crippen LogP contribution is 2.05. The van der Waals surface area contributed by atoms with E-state index in [9.17, 15) is 4.79 Å². The van der Waals surface area contributed by atoms with Gasteiger partial charge in [0.25, 0.3) is 0 Å². The quantitative estimate of drug-likeness (QED) is 0.271. The summed E-state index contributed by atoms with van der Waals surface area (Å²) in [5.41, 5.74) is 0. The lowest BCUT2D eigenvalue weighted by molar-refractivity contribution is -0.142. The van der Waals surface area contributed by atoms with Crippen molar-refractivity contribution in [3.8, 4) is 23.7 Å². The molecular weight excluding hydrogens is 260 g/mol. The highest BCUT2D eigenvalue weighted by Gasteiger charge is 2.00. The van der Waals surface area contributed by atoms with Gasteiger partial charge in [0.05, 0.1) is 0 Å². The highest BCUT2D eigenvalue weighted by atomic mass is 16.5. The number of carbonyl (C=O) groups is 1. The first kappa shape index (κ1) is 19.1. The van der Waals surface area contributed by atoms with Crippen molar-refractivity contribution in [1.82, 2.24) is 0 Å². The molecular formula is C19H26O2. The molecule has 0 aromatic heterocycles. The van der Waals surface area contributed by atoms with Crippen LogP contribution in [0.3, 0.4) is 0 Å². The van der Waals surface area contributed by atoms with Crippen LogP contribution in [0, 0.1) is 23.7 Å². The number of ether oxygens (including phenoxy) is 1. The van der Waals surface area contributed by atoms with Crippen molar-refractivity contribution < 1.29 is 9.53 Å². The molecule has 0 aliphatic carbocycles. The Morgan fingerprint density at radius 1 is 1.19 bits per heavy atom. The Morgan fingerprint density at radius 2 is 1.95 bits per heavy atom. The Hall–Kier alpha value is -1.93. The van der Waals surface area contributed by atoms with Gasteiger partial charge in [0.15, 0.2) is 6.10 Å². The van der Waals surface area contributed by atoms with Gasteiger partial charge < -0.3 is 4.74 Å². The predicted molar refractivity (Wildman–Crippen MR) is 88.4 cm³/mol. The van der Waals surface area contributed by atoms with E-state index in [1.807, 2.05) is 0 Å². The molecule has 0 spiro atoms. The van der Waals surface area contributed by atoms with E-state index in [1.54, 1.807) is 0 Å². The predicted octanol–water partition coefficient (Wildman–Crippen LogP) is 4.42. The molecule has 0 N–H and O–H groups in total. The lowest BCUT2D eigenvalue weighted by Gasteiger charge is -2.03. The molecule has 0 heterocycles. The standard InChI is InChI=1S/C19H26O2/c1-4-6-7-8-9-10-11-12-13-14-15-16-17-19(5-2)21-18(3)20/h5,11-12,19H,2,4,6-10,13H2,1,3H3/b12-11-/t19-/m0/s1. The smallest absolute Gasteiger partial charge is 0.304 e. The zero-order valence-corrected chi connectivity index (χ0v) is 13.3. The van der Waals surface area contributed by atoms with E-state index in [0.29, 0.717) is 6.42 Å². The fourth-order valence-electron chi connectivity index (χ4n) is 1.64. The van der Waals surface area contributed by atoms with Crippen molar-refractivity contribution in [3.05, 3.63) is 24.8 Å². The Bertz CT molecular complexity index is 438. The van der Waals surface area contributed by atoms with Crippen molar-refractivity contribution in [3.63, 3.8) is 0 Å². The molecule has 0 fully saturated rings. The van der Waals surface area contributed by atoms with E-state index >= 15 is 0 Å². The first-order valence-electron chi connectivity index (χ1n) is 7.63. The molecule has 2 heteroatoms. The lowest BCUT2D eigenvalue weighted by Crippen LogP contribution is -2.10. The summed E-state index contributed by atoms with van der Waals surface area (Å²) in [6, 6.07) is 0. The Balaban J connectivity index is 3.78. The van der Waals surface area contributed by atoms with Crippen molar-refractivity contribution in [2.45, 2.75) is 64.9 Å². The maximum absolute atomic E-state index is 10.7. The van der Waals surface area contributed by atoms with Gasteiger partial charge in [-0.25, -0.2) is 0 Å². The number of allylic oxidation sites excluding steroid dienone is 2. The van der Waals surface area contributed by atoms with Crippen LogP contribution < -0.4 is 0 Å². The molecule has 0 aromatic carbocycles. The molecule has 0 bridgehead atoms. The van der Waals surface area contributed by atoms with Crippen LogP contribution in [-0.4, -0.2) is 12.1 Å². The first-order chi connectivity index (χ1) is 10.2. The number of hydrogen-bond donors (Lipinski definition) is 0. The average molecular weight is 286 g/mol. The summed E-state index contributed by atoms with van der Waals surface area (Å²) in [4.78, 5) is 10.7. The van der Waals surface area contributed by atoms with E-state index in [1.165, 1.54) is 45.1 Å². The van der Waals surface area contributed by atoms with Crippen LogP contribution in [0.5, 0.6) is 0 Å². The molecule has 21 heavy (non-hydrogen) atoms. The van der Waals surface area contributed by atoms with E-state index in [4.69, 9.17) is 4.74 Å². The summed E-state index contributed by atoms with van der Waals surface area (Å²) in [7, 11) is 0. The van der Waals surface area contributed by atoms with Crippen LogP contribution in [0.1, 0.15) is 58.8 Å². The van der Waals surface area contributed by atoms with Gasteiger partial charge >= 0.3 is 5.97 Å². The number of hydrogen-bond acceptors (Lipinski definition) is 2. The van der Waals surface area contributed by atoms with E-state index < -0.39 is 6.10 Å². The molecule has 0 aliphatic heterocycles. The molecule has 0 saturated carbocycles. The van der Waals surface area contributed by atoms with Crippen LogP contribution in [0.2, 0.25) is 0 Å². The summed E-state index contributed by atoms with van der Waals surface area (Å²) in [6.45, 7) is 7.12. The summed E-state index contributed by atoms with van der Waals surface area (Å²) in [5.74, 6) is 10.7. The third-order valence-electron chi connectivity index (χ3n) is 2.73. The van der Waals surface area contributed by atoms with Crippen molar-refractivity contribution in [2.75, 3.05) is 0 Å². The van der Waals surface area contributed by atoms with Crippen LogP contribution >= 0.6 is 0 Å². The molecule has 0 unspecified atom stereocenters. The topological polar surface area (TPSA) is 26.3 Å². The monoisotopic (exact) mass is 286 g/mol. The zero-order valence-electron chi connectivity index (χ0n) is 13.3. The van der Waals surface area contributed by atoms with Gasteiger partial charge in [-0.05, 0) is 36.7 Å². The minimum Gasteiger partial charge on any atom is -0.445 e. The normalized spacial score (nSPS) is 11.0. The van der Waals surface area contributed by atoms with Crippen molar-refractivity contribution in [1.29, 1.82) is 0 Å². The minimum atomic E-state index is -0.574. The summed E-state index contributed by atoms with van der Waals surface area (Å²) >= 11 is 0. The average Bonchev–Trinajstić information content (AvgIpc) is 2.46. The van der Waals surface area contributed by atoms with Crippen LogP contribution in [0.4, 0.5) is 0 Å². The first-order valence-corrected chi connectivity index (χ1v) is 7.63. The molecule has 0 rings (SSSR count). The van der Waals surface area contributed by atoms with Gasteiger partial charge in [-0.2, -0.15) is 0 Å². The summed E-state index contributed by atoms with van der Waals surface area (Å²) in [5, 5.41) is 0. The minimum absolute atomic E-state index is 0.371. The summed E-state index contributed by atoms with van der Waals surface area (Å²) in [6.07, 6.45) is 13.5. The second kappa shape index (κ2) is 14.5. The third kappa shape index (κ3) is 14.3. The van der Waals surface area contributed by atoms with Crippen molar-refractivity contribution in [2.24, 2.45) is 0 Å². The van der Waals surface area contributed by atoms with Crippen LogP contribution in [0.15, 0.2) is 24.8 Å². The maximum Gasteiger partial charge on any atom is 0.304 e. The molecule has 1 atom stereocenters. The number of esters is 1. The molecule has 0 radical (unpaired) electrons. The Labute approximate surface area is 129 Å². The Morgan fingerprint density at radius 3 is 2.62 bits per heavy atom. The van der Waals surface area contributed by atoms with E-state index in [2.05, 4.69) is 49.3 Å². The second-order valence-electron chi connectivity index (χ2n) is 4.72. The summed E-state index contributed by atoms with van der Waals surface area (Å²) < 4.78 is 4.89. The van der Waals surface area contributed by atoms with Gasteiger partial charge in [-0.15, -0.1) is 0 Å². The van der Waals surface area contributed by atoms with Gasteiger partial charge in [-0.3, -0.25) is 4.79 Å². The second-order valence-corrected chi connectivity index (χ2v) is 4.72. The van der Waals surface area contributed by atoms with E-state index in [0.717, 1.165) is 6.42 Å². The van der Waals surface area contributed by atoms with Crippen LogP contribution in [0.25, 0.3) is 0 Å². The lowest BCUT2D eigenvalue weighted by atomic mass is 10.1. The SMILES string of the molecule is C=C[C@@H](C#CC#CC/C=C\CCCCCCC)OC(C)=O. The molecule has 0 aromatic rings. The molecule has 0 amide bonds. The number of carbonyl (C=O) groups excluding carboxylic acids is 1. The van der Waals surface area contributed by atoms with Crippen LogP contribution in [-0.2, 0) is 9.53 Å². The third-order valence-corrected chi connectivity index (χ3v) is 2.73. The fraction of sp³-hybridized carbons (Fsp3) is 0.526. The molecule has 0 saturated heterocycles. The molecule has 0 aliphatic rings. The zero-order chi connectivity index (χ0) is 15.8. The van der Waals surface area contributed by atoms with E-state index in [-0.39, 0.29) is 5.97 Å². The molecule has 114 valence electrons. The largest absolute Gasteiger partial charge is 0.445 e. The Kier molecular flexibility index (Phi) is 13.1. The molecule has 2 nitrogen and oxygen atoms in total. The maximum atomic E-state index is 10.7. The van der Waals surface area contributed by atoms with Gasteiger partial charge in [0.2, 0.25) is 0 Å². The van der Waals surface area contributed by atoms with Gasteiger partial charge in [0, 0.05) is 13.3 Å². The number of rotatable bonds is 9. The van der Waals surface area contributed by atoms with Gasteiger partial charge in [0.1, 0.15) is 0 Å². The van der Waals surface area contributed by atoms with Gasteiger partial charge in [-0.1, -0.05) is 57.3 Å². The van der Waals surface area contributed by atoms with Crippen molar-refractivity contribution >= 4 is 5.97 Å². The number of unbranched alkanes of at least 4 members (excludes halogenated alkanes) is 5.